The average molecular weight is 1130 g/mol. The Kier molecular flexibility index (Phi) is 17.0. The lowest BCUT2D eigenvalue weighted by Gasteiger charge is -2.25. The molecule has 0 saturated heterocycles. The Balaban J connectivity index is 0.935. The number of nitrogens with one attached hydrogen (secondary N) is 1. The van der Waals surface area contributed by atoms with Crippen LogP contribution in [0.1, 0.15) is 57.8 Å². The maximum absolute atomic E-state index is 13.9. The number of imidazole rings is 1. The molecule has 18 heteroatoms. The Morgan fingerprint density at radius 2 is 1.29 bits per heavy atom. The summed E-state index contributed by atoms with van der Waals surface area (Å²) in [6.07, 6.45) is 13.5. The van der Waals surface area contributed by atoms with Crippen LogP contribution >= 0.6 is 57.7 Å². The van der Waals surface area contributed by atoms with Crippen molar-refractivity contribution in [1.29, 1.82) is 0 Å². The monoisotopic (exact) mass is 1120 g/mol. The van der Waals surface area contributed by atoms with Crippen LogP contribution in [0.5, 0.6) is 0 Å². The molecule has 2 N–H and O–H groups in total. The Morgan fingerprint density at radius 3 is 1.99 bits per heavy atom. The number of rotatable bonds is 20. The molecule has 2 aromatic heterocycles. The molecule has 0 unspecified atom stereocenters. The van der Waals surface area contributed by atoms with Gasteiger partial charge in [0.15, 0.2) is 11.0 Å². The number of halogens is 4. The van der Waals surface area contributed by atoms with Gasteiger partial charge in [0, 0.05) is 73.5 Å². The molecule has 0 spiro atoms. The van der Waals surface area contributed by atoms with Gasteiger partial charge >= 0.3 is 0 Å². The van der Waals surface area contributed by atoms with Gasteiger partial charge in [0.1, 0.15) is 22.9 Å². The molecule has 2 aliphatic rings. The summed E-state index contributed by atoms with van der Waals surface area (Å²) in [6, 6.07) is 32.5. The fourth-order valence-corrected chi connectivity index (χ4v) is 12.6. The number of aryl methyl sites for hydroxylation is 3. The first-order valence-corrected chi connectivity index (χ1v) is 29.3. The van der Waals surface area contributed by atoms with Crippen LogP contribution in [0, 0.1) is 0 Å². The number of amides is 1. The van der Waals surface area contributed by atoms with Crippen LogP contribution < -0.4 is 34.1 Å². The summed E-state index contributed by atoms with van der Waals surface area (Å²) in [5.41, 5.74) is 9.25. The maximum Gasteiger partial charge on any atom is 0.282 e. The zero-order chi connectivity index (χ0) is 53.0. The second-order valence-corrected chi connectivity index (χ2v) is 22.5. The minimum absolute atomic E-state index is 0.0970. The third-order valence-corrected chi connectivity index (χ3v) is 16.8. The molecule has 1 amide bonds. The molecule has 0 aliphatic carbocycles. The number of hydrogen-bond donors (Lipinski definition) is 2. The van der Waals surface area contributed by atoms with Crippen LogP contribution in [0.2, 0.25) is 20.1 Å². The SMILES string of the molecule is CCN1/C(=C\C=C/c2sc3ccc(-c4ccccc4)cc3[n+]2CC)N(CCNC(=O)CCN2/C(=C/C=Cc3n(CCCCS(=O)(=O)O)c4cc(Cl)ccc4[n+]3CC)N(CC)c3ccc(Cl)cc32)c2cc(Cl)c(Cl)cc21. The maximum atomic E-state index is 13.9. The summed E-state index contributed by atoms with van der Waals surface area (Å²) in [4.78, 5) is 22.7. The average Bonchev–Trinajstić information content (AvgIpc) is 4.09. The number of benzene rings is 5. The summed E-state index contributed by atoms with van der Waals surface area (Å²) in [6.45, 7) is 13.1. The van der Waals surface area contributed by atoms with Gasteiger partial charge in [0.2, 0.25) is 11.4 Å². The first-order chi connectivity index (χ1) is 36.2. The van der Waals surface area contributed by atoms with Crippen molar-refractivity contribution in [3.8, 4) is 11.1 Å². The minimum Gasteiger partial charge on any atom is -0.354 e. The number of fused-ring (bicyclic) bond motifs is 4. The summed E-state index contributed by atoms with van der Waals surface area (Å²) in [7, 11) is -4.07. The molecule has 9 rings (SSSR count). The van der Waals surface area contributed by atoms with Crippen molar-refractivity contribution in [2.45, 2.75) is 66.6 Å². The smallest absolute Gasteiger partial charge is 0.282 e. The largest absolute Gasteiger partial charge is 0.354 e. The van der Waals surface area contributed by atoms with Gasteiger partial charge in [-0.3, -0.25) is 9.35 Å². The van der Waals surface area contributed by atoms with Crippen molar-refractivity contribution < 1.29 is 26.9 Å². The molecular formula is C57H60Cl4N8O4S2+2. The number of unbranched alkanes of at least 4 members (excludes halogenated alkanes) is 1. The molecule has 75 heavy (non-hydrogen) atoms. The van der Waals surface area contributed by atoms with E-state index < -0.39 is 10.1 Å². The van der Waals surface area contributed by atoms with E-state index in [1.165, 1.54) is 21.3 Å². The number of anilines is 4. The second kappa shape index (κ2) is 23.6. The topological polar surface area (TPSA) is 109 Å². The molecule has 0 atom stereocenters. The quantitative estimate of drug-likeness (QED) is 0.0441. The van der Waals surface area contributed by atoms with Gasteiger partial charge in [0.05, 0.1) is 51.6 Å². The van der Waals surface area contributed by atoms with Crippen LogP contribution in [-0.4, -0.2) is 61.9 Å². The number of carbonyl (C=O) groups excluding carboxylic acids is 1. The Morgan fingerprint density at radius 1 is 0.653 bits per heavy atom. The summed E-state index contributed by atoms with van der Waals surface area (Å²) in [5, 5.41) is 6.47. The molecule has 12 nitrogen and oxygen atoms in total. The van der Waals surface area contributed by atoms with Crippen molar-refractivity contribution >= 4 is 130 Å². The lowest BCUT2D eigenvalue weighted by molar-refractivity contribution is -0.670. The zero-order valence-electron chi connectivity index (χ0n) is 42.3. The highest BCUT2D eigenvalue weighted by molar-refractivity contribution is 7.85. The third-order valence-electron chi connectivity index (χ3n) is 13.6. The highest BCUT2D eigenvalue weighted by atomic mass is 35.5. The van der Waals surface area contributed by atoms with E-state index in [1.54, 1.807) is 11.3 Å². The first-order valence-electron chi connectivity index (χ1n) is 25.3. The molecule has 390 valence electrons. The van der Waals surface area contributed by atoms with Gasteiger partial charge < -0.3 is 24.9 Å². The number of aromatic nitrogens is 3. The van der Waals surface area contributed by atoms with E-state index in [-0.39, 0.29) is 18.1 Å². The molecule has 5 aromatic carbocycles. The van der Waals surface area contributed by atoms with Gasteiger partial charge in [-0.15, -0.1) is 0 Å². The van der Waals surface area contributed by atoms with E-state index >= 15 is 0 Å². The highest BCUT2D eigenvalue weighted by Crippen LogP contribution is 2.46. The molecule has 0 bridgehead atoms. The molecule has 7 aromatic rings. The van der Waals surface area contributed by atoms with E-state index in [4.69, 9.17) is 46.4 Å². The van der Waals surface area contributed by atoms with E-state index in [2.05, 4.69) is 133 Å². The van der Waals surface area contributed by atoms with Gasteiger partial charge in [-0.25, -0.2) is 9.13 Å². The predicted octanol–water partition coefficient (Wildman–Crippen LogP) is 13.0. The van der Waals surface area contributed by atoms with Crippen LogP contribution in [0.25, 0.3) is 44.5 Å². The van der Waals surface area contributed by atoms with Crippen molar-refractivity contribution in [2.24, 2.45) is 0 Å². The van der Waals surface area contributed by atoms with Crippen LogP contribution in [-0.2, 0) is 34.5 Å². The normalized spacial score (nSPS) is 14.8. The lowest BCUT2D eigenvalue weighted by Crippen LogP contribution is -2.37. The van der Waals surface area contributed by atoms with E-state index in [9.17, 15) is 17.8 Å². The van der Waals surface area contributed by atoms with Crippen LogP contribution in [0.4, 0.5) is 22.7 Å². The highest BCUT2D eigenvalue weighted by Gasteiger charge is 2.33. The third kappa shape index (κ3) is 11.6. The van der Waals surface area contributed by atoms with Gasteiger partial charge in [0.25, 0.3) is 21.0 Å². The van der Waals surface area contributed by atoms with E-state index in [0.717, 1.165) is 62.8 Å². The zero-order valence-corrected chi connectivity index (χ0v) is 47.0. The Bertz CT molecular complexity index is 3520. The molecule has 0 radical (unpaired) electrons. The van der Waals surface area contributed by atoms with Crippen molar-refractivity contribution in [3.05, 3.63) is 164 Å². The summed E-state index contributed by atoms with van der Waals surface area (Å²) < 4.78 is 40.3. The molecule has 0 saturated carbocycles. The van der Waals surface area contributed by atoms with Crippen molar-refractivity contribution in [3.63, 3.8) is 0 Å². The number of allylic oxidation sites excluding steroid dienone is 4. The lowest BCUT2D eigenvalue weighted by atomic mass is 10.1. The number of nitrogens with zero attached hydrogens (tertiary/aromatic N) is 7. The van der Waals surface area contributed by atoms with Gasteiger partial charge in [-0.05, 0) is 112 Å². The molecule has 2 aliphatic heterocycles. The minimum atomic E-state index is -4.07. The standard InChI is InChI=1S/C57H58Cl4N8O4S2/c1-5-63-45-25-23-41(58)35-47(45)67(30-12-13-33-75(71,72)73)54(63)18-14-19-55-64(6-2)46-26-24-42(59)36-48(46)68(55)31-28-53(70)62-29-32-69-50-38-44(61)43(60)37-49(50)65(7-3)56(69)20-15-21-57-66(8-4)51-34-40(22-27-52(51)74-57)39-16-10-9-11-17-39/h9-11,14-27,34-38H,5-8,12-13,28-33H2,1-4H3/p+2. The number of carbonyl (C=O) groups is 1. The van der Waals surface area contributed by atoms with Crippen LogP contribution in [0.3, 0.4) is 0 Å². The summed E-state index contributed by atoms with van der Waals surface area (Å²) >= 11 is 28.2. The summed E-state index contributed by atoms with van der Waals surface area (Å²) in [5.74, 6) is 2.35. The van der Waals surface area contributed by atoms with Crippen molar-refractivity contribution in [2.75, 3.05) is 58.1 Å². The second-order valence-electron chi connectivity index (χ2n) is 18.2. The van der Waals surface area contributed by atoms with E-state index in [1.807, 2.05) is 66.7 Å². The van der Waals surface area contributed by atoms with Gasteiger partial charge in [-0.2, -0.15) is 13.0 Å². The number of hydrogen-bond acceptors (Lipinski definition) is 8. The number of thiazole rings is 1. The molecule has 0 fully saturated rings. The van der Waals surface area contributed by atoms with E-state index in [0.29, 0.717) is 78.7 Å². The first kappa shape index (κ1) is 54.0. The molecule has 4 heterocycles. The Hall–Kier alpha value is -5.84. The fourth-order valence-electron chi connectivity index (χ4n) is 10.2. The van der Waals surface area contributed by atoms with Gasteiger partial charge in [-0.1, -0.05) is 106 Å². The fraction of sp³-hybridized carbons (Fsp3) is 0.281. The Labute approximate surface area is 463 Å². The predicted molar refractivity (Wildman–Crippen MR) is 312 cm³/mol. The van der Waals surface area contributed by atoms with Crippen molar-refractivity contribution in [1.82, 2.24) is 9.88 Å². The molecular weight excluding hydrogens is 1070 g/mol. The van der Waals surface area contributed by atoms with Crippen LogP contribution in [0.15, 0.2) is 133 Å².